The fourth-order valence-electron chi connectivity index (χ4n) is 1.63. The molecule has 0 aromatic heterocycles. The largest absolute Gasteiger partial charge is 0.463 e. The predicted octanol–water partition coefficient (Wildman–Crippen LogP) is 0.521. The average molecular weight is 277 g/mol. The predicted molar refractivity (Wildman–Crippen MR) is 69.6 cm³/mol. The fourth-order valence-corrected chi connectivity index (χ4v) is 3.76. The lowest BCUT2D eigenvalue weighted by molar-refractivity contribution is -0.143. The molecule has 104 valence electrons. The van der Waals surface area contributed by atoms with Gasteiger partial charge >= 0.3 is 11.9 Å². The molecule has 1 fully saturated rings. The first-order valence-electron chi connectivity index (χ1n) is 6.19. The third kappa shape index (κ3) is 7.55. The first-order valence-corrected chi connectivity index (χ1v) is 7.92. The molecule has 1 aliphatic rings. The van der Waals surface area contributed by atoms with E-state index in [1.807, 2.05) is 0 Å². The van der Waals surface area contributed by atoms with E-state index in [0.717, 1.165) is 0 Å². The summed E-state index contributed by atoms with van der Waals surface area (Å²) < 4.78 is 14.9. The maximum Gasteiger partial charge on any atom is 0.356 e. The van der Waals surface area contributed by atoms with E-state index in [4.69, 9.17) is 9.47 Å². The zero-order valence-electron chi connectivity index (χ0n) is 10.8. The van der Waals surface area contributed by atoms with Crippen LogP contribution in [-0.4, -0.2) is 55.6 Å². The Kier molecular flexibility index (Phi) is 7.84. The second-order valence-electron chi connectivity index (χ2n) is 4.04. The Morgan fingerprint density at radius 1 is 1.00 bits per heavy atom. The van der Waals surface area contributed by atoms with Gasteiger partial charge in [0.1, 0.15) is 24.7 Å². The number of hydrogen-bond donors (Lipinski definition) is 0. The van der Waals surface area contributed by atoms with Crippen molar-refractivity contribution in [3.63, 3.8) is 0 Å². The highest BCUT2D eigenvalue weighted by molar-refractivity contribution is 7.97. The van der Waals surface area contributed by atoms with Crippen molar-refractivity contribution >= 4 is 22.8 Å². The standard InChI is InChI=1S/C12H21O5S/c1-11(13)16-6-4-15-5-7-17-12(14)10-18-8-2-3-9-18/h2-10H2,1H3/q+1. The van der Waals surface area contributed by atoms with Gasteiger partial charge in [0.05, 0.1) is 13.2 Å². The summed E-state index contributed by atoms with van der Waals surface area (Å²) >= 11 is 0. The molecule has 18 heavy (non-hydrogen) atoms. The molecule has 0 radical (unpaired) electrons. The Bertz CT molecular complexity index is 263. The lowest BCUT2D eigenvalue weighted by Gasteiger charge is -2.06. The lowest BCUT2D eigenvalue weighted by Crippen LogP contribution is -2.22. The third-order valence-corrected chi connectivity index (χ3v) is 4.84. The van der Waals surface area contributed by atoms with Gasteiger partial charge in [0.15, 0.2) is 0 Å². The Balaban J connectivity index is 1.87. The van der Waals surface area contributed by atoms with E-state index < -0.39 is 0 Å². The van der Waals surface area contributed by atoms with E-state index in [-0.39, 0.29) is 36.0 Å². The van der Waals surface area contributed by atoms with Crippen molar-refractivity contribution in [1.29, 1.82) is 0 Å². The topological polar surface area (TPSA) is 61.8 Å². The zero-order valence-corrected chi connectivity index (χ0v) is 11.6. The van der Waals surface area contributed by atoms with Gasteiger partial charge in [-0.2, -0.15) is 0 Å². The Hall–Kier alpha value is -0.750. The summed E-state index contributed by atoms with van der Waals surface area (Å²) in [7, 11) is 0.254. The van der Waals surface area contributed by atoms with Gasteiger partial charge in [0.25, 0.3) is 0 Å². The van der Waals surface area contributed by atoms with Gasteiger partial charge in [-0.05, 0) is 23.7 Å². The highest BCUT2D eigenvalue weighted by Gasteiger charge is 2.27. The minimum Gasteiger partial charge on any atom is -0.463 e. The molecule has 5 nitrogen and oxygen atoms in total. The van der Waals surface area contributed by atoms with Gasteiger partial charge in [0, 0.05) is 6.92 Å². The molecular weight excluding hydrogens is 256 g/mol. The van der Waals surface area contributed by atoms with Crippen molar-refractivity contribution in [2.45, 2.75) is 19.8 Å². The molecule has 1 saturated heterocycles. The molecule has 0 unspecified atom stereocenters. The fraction of sp³-hybridized carbons (Fsp3) is 0.833. The Morgan fingerprint density at radius 3 is 2.22 bits per heavy atom. The van der Waals surface area contributed by atoms with Gasteiger partial charge in [0.2, 0.25) is 5.75 Å². The summed E-state index contributed by atoms with van der Waals surface area (Å²) in [6, 6.07) is 0. The number of rotatable bonds is 8. The number of hydrogen-bond acceptors (Lipinski definition) is 5. The summed E-state index contributed by atoms with van der Waals surface area (Å²) in [6.07, 6.45) is 2.49. The molecule has 0 bridgehead atoms. The molecule has 1 aliphatic heterocycles. The summed E-state index contributed by atoms with van der Waals surface area (Å²) in [6.45, 7) is 2.55. The average Bonchev–Trinajstić information content (AvgIpc) is 2.80. The van der Waals surface area contributed by atoms with E-state index in [9.17, 15) is 9.59 Å². The van der Waals surface area contributed by atoms with Crippen LogP contribution in [0.25, 0.3) is 0 Å². The van der Waals surface area contributed by atoms with Crippen molar-refractivity contribution in [1.82, 2.24) is 0 Å². The maximum atomic E-state index is 11.4. The van der Waals surface area contributed by atoms with Crippen LogP contribution < -0.4 is 0 Å². The zero-order chi connectivity index (χ0) is 13.2. The van der Waals surface area contributed by atoms with Gasteiger partial charge in [-0.3, -0.25) is 4.79 Å². The van der Waals surface area contributed by atoms with Crippen molar-refractivity contribution in [2.75, 3.05) is 43.7 Å². The number of ether oxygens (including phenoxy) is 3. The van der Waals surface area contributed by atoms with E-state index in [2.05, 4.69) is 4.74 Å². The minimum absolute atomic E-state index is 0.121. The molecule has 0 aliphatic carbocycles. The van der Waals surface area contributed by atoms with Gasteiger partial charge in [-0.25, -0.2) is 4.79 Å². The smallest absolute Gasteiger partial charge is 0.356 e. The van der Waals surface area contributed by atoms with Crippen molar-refractivity contribution < 1.29 is 23.8 Å². The van der Waals surface area contributed by atoms with Crippen LogP contribution in [0, 0.1) is 0 Å². The van der Waals surface area contributed by atoms with Crippen LogP contribution in [0.5, 0.6) is 0 Å². The molecule has 0 aromatic carbocycles. The normalized spacial score (nSPS) is 15.6. The van der Waals surface area contributed by atoms with Gasteiger partial charge in [-0.15, -0.1) is 0 Å². The Morgan fingerprint density at radius 2 is 1.61 bits per heavy atom. The van der Waals surface area contributed by atoms with E-state index in [1.165, 1.54) is 31.3 Å². The maximum absolute atomic E-state index is 11.4. The minimum atomic E-state index is -0.317. The summed E-state index contributed by atoms with van der Waals surface area (Å²) in [5.74, 6) is 2.47. The van der Waals surface area contributed by atoms with Gasteiger partial charge in [-0.1, -0.05) is 0 Å². The molecule has 0 amide bonds. The van der Waals surface area contributed by atoms with Gasteiger partial charge < -0.3 is 14.2 Å². The molecular formula is C12H21O5S+. The first kappa shape index (κ1) is 15.3. The van der Waals surface area contributed by atoms with Crippen LogP contribution in [0.3, 0.4) is 0 Å². The van der Waals surface area contributed by atoms with E-state index in [0.29, 0.717) is 19.0 Å². The molecule has 0 atom stereocenters. The molecule has 0 aromatic rings. The van der Waals surface area contributed by atoms with Crippen LogP contribution in [0.2, 0.25) is 0 Å². The van der Waals surface area contributed by atoms with Crippen molar-refractivity contribution in [3.05, 3.63) is 0 Å². The molecule has 1 heterocycles. The van der Waals surface area contributed by atoms with E-state index >= 15 is 0 Å². The number of esters is 2. The SMILES string of the molecule is CC(=O)OCCOCCOC(=O)C[S+]1CCCC1. The van der Waals surface area contributed by atoms with Crippen LogP contribution in [0.4, 0.5) is 0 Å². The van der Waals surface area contributed by atoms with Crippen LogP contribution in [0.1, 0.15) is 19.8 Å². The lowest BCUT2D eigenvalue weighted by atomic mass is 10.4. The summed E-state index contributed by atoms with van der Waals surface area (Å²) in [5, 5.41) is 0. The third-order valence-electron chi connectivity index (χ3n) is 2.46. The number of carbonyl (C=O) groups excluding carboxylic acids is 2. The molecule has 0 spiro atoms. The van der Waals surface area contributed by atoms with E-state index in [1.54, 1.807) is 0 Å². The summed E-state index contributed by atoms with van der Waals surface area (Å²) in [5.41, 5.74) is 0. The van der Waals surface area contributed by atoms with Crippen LogP contribution >= 0.6 is 0 Å². The highest BCUT2D eigenvalue weighted by atomic mass is 32.2. The van der Waals surface area contributed by atoms with Crippen LogP contribution in [-0.2, 0) is 34.7 Å². The monoisotopic (exact) mass is 277 g/mol. The molecule has 6 heteroatoms. The molecule has 1 rings (SSSR count). The quantitative estimate of drug-likeness (QED) is 0.368. The second-order valence-corrected chi connectivity index (χ2v) is 6.37. The molecule has 0 saturated carbocycles. The number of carbonyl (C=O) groups is 2. The van der Waals surface area contributed by atoms with Crippen molar-refractivity contribution in [2.24, 2.45) is 0 Å². The summed E-state index contributed by atoms with van der Waals surface area (Å²) in [4.78, 5) is 21.9. The van der Waals surface area contributed by atoms with Crippen molar-refractivity contribution in [3.8, 4) is 0 Å². The first-order chi connectivity index (χ1) is 8.68. The Labute approximate surface area is 111 Å². The second kappa shape index (κ2) is 9.22. The van der Waals surface area contributed by atoms with Crippen LogP contribution in [0.15, 0.2) is 0 Å². The highest BCUT2D eigenvalue weighted by Crippen LogP contribution is 2.13. The molecule has 0 N–H and O–H groups in total.